The van der Waals surface area contributed by atoms with E-state index in [9.17, 15) is 14.4 Å². The second-order valence-electron chi connectivity index (χ2n) is 8.38. The topological polar surface area (TPSA) is 79.0 Å². The number of carbonyl (C=O) groups excluding carboxylic acids is 3. The number of ether oxygens (including phenoxy) is 1. The minimum Gasteiger partial charge on any atom is -0.375 e. The van der Waals surface area contributed by atoms with Crippen molar-refractivity contribution in [1.29, 1.82) is 0 Å². The van der Waals surface area contributed by atoms with Gasteiger partial charge in [-0.05, 0) is 38.3 Å². The van der Waals surface area contributed by atoms with Gasteiger partial charge in [-0.25, -0.2) is 0 Å². The first-order chi connectivity index (χ1) is 14.4. The summed E-state index contributed by atoms with van der Waals surface area (Å²) in [5.41, 5.74) is 2.70. The Morgan fingerprint density at radius 2 is 1.90 bits per heavy atom. The van der Waals surface area contributed by atoms with Gasteiger partial charge in [-0.1, -0.05) is 30.5 Å². The highest BCUT2D eigenvalue weighted by atomic mass is 16.5. The Labute approximate surface area is 178 Å². The first-order valence-corrected chi connectivity index (χ1v) is 10.8. The summed E-state index contributed by atoms with van der Waals surface area (Å²) >= 11 is 0. The molecule has 0 bridgehead atoms. The van der Waals surface area contributed by atoms with Gasteiger partial charge in [0.2, 0.25) is 11.8 Å². The maximum Gasteiger partial charge on any atom is 0.254 e. The summed E-state index contributed by atoms with van der Waals surface area (Å²) in [4.78, 5) is 42.4. The largest absolute Gasteiger partial charge is 0.375 e. The zero-order chi connectivity index (χ0) is 21.7. The summed E-state index contributed by atoms with van der Waals surface area (Å²) in [5, 5.41) is 3.00. The normalized spacial score (nSPS) is 22.8. The number of carbonyl (C=O) groups is 3. The highest BCUT2D eigenvalue weighted by molar-refractivity contribution is 5.95. The van der Waals surface area contributed by atoms with Crippen LogP contribution in [0.5, 0.6) is 0 Å². The fraction of sp³-hybridized carbons (Fsp3) is 0.609. The molecular weight excluding hydrogens is 382 g/mol. The highest BCUT2D eigenvalue weighted by Crippen LogP contribution is 2.29. The summed E-state index contributed by atoms with van der Waals surface area (Å²) in [6.45, 7) is 5.60. The molecule has 1 saturated heterocycles. The number of benzene rings is 1. The lowest BCUT2D eigenvalue weighted by atomic mass is 9.82. The molecule has 0 spiro atoms. The molecule has 3 rings (SSSR count). The minimum absolute atomic E-state index is 0.0178. The van der Waals surface area contributed by atoms with E-state index in [1.807, 2.05) is 32.0 Å². The Morgan fingerprint density at radius 3 is 2.63 bits per heavy atom. The number of nitrogens with zero attached hydrogens (tertiary/aromatic N) is 2. The minimum atomic E-state index is -0.193. The standard InChI is InChI=1S/C23H33N3O4/c1-16-8-9-18(17(2)14-16)23(29)25-11-10-24-22(28)19-6-4-5-7-20(19)26(13-12-25)21(27)15-30-3/h8-9,14,19-20H,4-7,10-13,15H2,1-3H3,(H,24,28). The number of nitrogens with one attached hydrogen (secondary N) is 1. The van der Waals surface area contributed by atoms with E-state index in [4.69, 9.17) is 4.74 Å². The fourth-order valence-corrected chi connectivity index (χ4v) is 4.68. The number of rotatable bonds is 3. The van der Waals surface area contributed by atoms with Crippen molar-refractivity contribution in [3.8, 4) is 0 Å². The van der Waals surface area contributed by atoms with Gasteiger partial charge in [0.15, 0.2) is 0 Å². The monoisotopic (exact) mass is 415 g/mol. The molecule has 7 nitrogen and oxygen atoms in total. The van der Waals surface area contributed by atoms with Crippen LogP contribution in [0, 0.1) is 19.8 Å². The lowest BCUT2D eigenvalue weighted by Crippen LogP contribution is -2.56. The van der Waals surface area contributed by atoms with E-state index >= 15 is 0 Å². The van der Waals surface area contributed by atoms with Crippen LogP contribution in [0.25, 0.3) is 0 Å². The van der Waals surface area contributed by atoms with Gasteiger partial charge in [-0.15, -0.1) is 0 Å². The van der Waals surface area contributed by atoms with Crippen molar-refractivity contribution in [2.24, 2.45) is 5.92 Å². The van der Waals surface area contributed by atoms with Crippen LogP contribution in [0.3, 0.4) is 0 Å². The number of amides is 3. The second-order valence-corrected chi connectivity index (χ2v) is 8.38. The smallest absolute Gasteiger partial charge is 0.254 e. The number of methoxy groups -OCH3 is 1. The zero-order valence-corrected chi connectivity index (χ0v) is 18.3. The number of aryl methyl sites for hydroxylation is 2. The van der Waals surface area contributed by atoms with E-state index in [1.165, 1.54) is 7.11 Å². The van der Waals surface area contributed by atoms with E-state index < -0.39 is 0 Å². The number of fused-ring (bicyclic) bond motifs is 1. The molecule has 1 aromatic carbocycles. The van der Waals surface area contributed by atoms with Crippen LogP contribution in [-0.2, 0) is 14.3 Å². The third-order valence-corrected chi connectivity index (χ3v) is 6.25. The SMILES string of the molecule is COCC(=O)N1CCN(C(=O)c2ccc(C)cc2C)CCNC(=O)C2CCCCC21. The lowest BCUT2D eigenvalue weighted by molar-refractivity contribution is -0.142. The third kappa shape index (κ3) is 5.01. The molecule has 3 amide bonds. The van der Waals surface area contributed by atoms with Crippen molar-refractivity contribution in [3.05, 3.63) is 34.9 Å². The first-order valence-electron chi connectivity index (χ1n) is 10.8. The van der Waals surface area contributed by atoms with Crippen LogP contribution >= 0.6 is 0 Å². The Hall–Kier alpha value is -2.41. The summed E-state index contributed by atoms with van der Waals surface area (Å²) in [5.74, 6) is -0.403. The van der Waals surface area contributed by atoms with Gasteiger partial charge < -0.3 is 19.9 Å². The maximum atomic E-state index is 13.2. The molecule has 2 atom stereocenters. The molecule has 7 heteroatoms. The van der Waals surface area contributed by atoms with E-state index in [0.29, 0.717) is 31.7 Å². The summed E-state index contributed by atoms with van der Waals surface area (Å²) < 4.78 is 5.09. The molecule has 0 aromatic heterocycles. The third-order valence-electron chi connectivity index (χ3n) is 6.25. The second kappa shape index (κ2) is 10.1. The van der Waals surface area contributed by atoms with Crippen molar-refractivity contribution >= 4 is 17.7 Å². The maximum absolute atomic E-state index is 13.2. The molecule has 1 saturated carbocycles. The predicted octanol–water partition coefficient (Wildman–Crippen LogP) is 1.91. The molecule has 0 radical (unpaired) electrons. The Balaban J connectivity index is 1.85. The average Bonchev–Trinajstić information content (AvgIpc) is 2.72. The zero-order valence-electron chi connectivity index (χ0n) is 18.3. The summed E-state index contributed by atoms with van der Waals surface area (Å²) in [6.07, 6.45) is 3.59. The van der Waals surface area contributed by atoms with E-state index in [1.54, 1.807) is 9.80 Å². The molecule has 2 unspecified atom stereocenters. The van der Waals surface area contributed by atoms with Crippen LogP contribution in [0.15, 0.2) is 18.2 Å². The molecular formula is C23H33N3O4. The predicted molar refractivity (Wildman–Crippen MR) is 114 cm³/mol. The van der Waals surface area contributed by atoms with Crippen molar-refractivity contribution < 1.29 is 19.1 Å². The molecule has 164 valence electrons. The van der Waals surface area contributed by atoms with Gasteiger partial charge >= 0.3 is 0 Å². The van der Waals surface area contributed by atoms with Crippen molar-refractivity contribution in [2.75, 3.05) is 39.9 Å². The quantitative estimate of drug-likeness (QED) is 0.818. The number of hydrogen-bond donors (Lipinski definition) is 1. The van der Waals surface area contributed by atoms with Gasteiger partial charge in [0.1, 0.15) is 6.61 Å². The van der Waals surface area contributed by atoms with Crippen LogP contribution < -0.4 is 5.32 Å². The van der Waals surface area contributed by atoms with Gasteiger partial charge in [0.25, 0.3) is 5.91 Å². The van der Waals surface area contributed by atoms with Crippen LogP contribution in [0.4, 0.5) is 0 Å². The van der Waals surface area contributed by atoms with Gasteiger partial charge in [0, 0.05) is 44.9 Å². The molecule has 30 heavy (non-hydrogen) atoms. The van der Waals surface area contributed by atoms with Gasteiger partial charge in [0.05, 0.1) is 5.92 Å². The molecule has 2 fully saturated rings. The molecule has 1 aromatic rings. The molecule has 1 aliphatic heterocycles. The fourth-order valence-electron chi connectivity index (χ4n) is 4.68. The molecule has 1 aliphatic carbocycles. The molecule has 2 aliphatic rings. The average molecular weight is 416 g/mol. The van der Waals surface area contributed by atoms with Crippen molar-refractivity contribution in [2.45, 2.75) is 45.6 Å². The van der Waals surface area contributed by atoms with E-state index in [2.05, 4.69) is 5.32 Å². The van der Waals surface area contributed by atoms with Gasteiger partial charge in [-0.3, -0.25) is 14.4 Å². The number of hydrogen-bond acceptors (Lipinski definition) is 4. The highest BCUT2D eigenvalue weighted by Gasteiger charge is 2.37. The summed E-state index contributed by atoms with van der Waals surface area (Å²) in [7, 11) is 1.50. The van der Waals surface area contributed by atoms with Crippen molar-refractivity contribution in [1.82, 2.24) is 15.1 Å². The van der Waals surface area contributed by atoms with Crippen LogP contribution in [-0.4, -0.2) is 73.5 Å². The molecule has 1 heterocycles. The van der Waals surface area contributed by atoms with Crippen LogP contribution in [0.1, 0.15) is 47.2 Å². The summed E-state index contributed by atoms with van der Waals surface area (Å²) in [6, 6.07) is 5.65. The van der Waals surface area contributed by atoms with E-state index in [0.717, 1.165) is 36.8 Å². The van der Waals surface area contributed by atoms with Crippen molar-refractivity contribution in [3.63, 3.8) is 0 Å². The Kier molecular flexibility index (Phi) is 7.48. The van der Waals surface area contributed by atoms with E-state index in [-0.39, 0.29) is 36.3 Å². The Bertz CT molecular complexity index is 795. The van der Waals surface area contributed by atoms with Gasteiger partial charge in [-0.2, -0.15) is 0 Å². The lowest BCUT2D eigenvalue weighted by Gasteiger charge is -2.41. The Morgan fingerprint density at radius 1 is 1.13 bits per heavy atom. The first kappa shape index (κ1) is 22.3. The van der Waals surface area contributed by atoms with Crippen LogP contribution in [0.2, 0.25) is 0 Å². The molecule has 1 N–H and O–H groups in total.